The molecule has 0 fully saturated rings. The van der Waals surface area contributed by atoms with Crippen molar-refractivity contribution in [3.05, 3.63) is 23.5 Å². The molecule has 1 amide bonds. The number of hydrogen-bond acceptors (Lipinski definition) is 3. The van der Waals surface area contributed by atoms with Gasteiger partial charge in [-0.2, -0.15) is 0 Å². The van der Waals surface area contributed by atoms with Gasteiger partial charge in [-0.05, 0) is 32.4 Å². The second-order valence-electron chi connectivity index (χ2n) is 3.98. The van der Waals surface area contributed by atoms with E-state index in [9.17, 15) is 4.79 Å². The molecule has 0 radical (unpaired) electrons. The van der Waals surface area contributed by atoms with E-state index >= 15 is 0 Å². The van der Waals surface area contributed by atoms with Crippen LogP contribution in [-0.4, -0.2) is 37.4 Å². The first kappa shape index (κ1) is 13.6. The van der Waals surface area contributed by atoms with Crippen LogP contribution >= 0.6 is 0 Å². The third-order valence-corrected chi connectivity index (χ3v) is 2.52. The molecule has 0 aromatic carbocycles. The number of carbonyl (C=O) groups is 1. The topological polar surface area (TPSA) is 55.3 Å². The van der Waals surface area contributed by atoms with Gasteiger partial charge in [0.2, 0.25) is 5.91 Å². The van der Waals surface area contributed by atoms with Crippen molar-refractivity contribution < 1.29 is 9.53 Å². The van der Waals surface area contributed by atoms with Crippen LogP contribution in [0.3, 0.4) is 0 Å². The van der Waals surface area contributed by atoms with Crippen LogP contribution in [0.4, 0.5) is 0 Å². The molecule has 1 aromatic rings. The fourth-order valence-corrected chi connectivity index (χ4v) is 1.58. The van der Waals surface area contributed by atoms with Gasteiger partial charge in [-0.15, -0.1) is 0 Å². The van der Waals surface area contributed by atoms with E-state index in [2.05, 4.69) is 10.7 Å². The standard InChI is InChI=1S/C12H21N3O2/c1-10-5-6-11(2)15(10)14-9-12(16)13-7-4-8-17-3/h5-6,14H,4,7-9H2,1-3H3,(H,13,16). The number of methoxy groups -OCH3 is 1. The smallest absolute Gasteiger partial charge is 0.240 e. The van der Waals surface area contributed by atoms with Crippen LogP contribution in [0.5, 0.6) is 0 Å². The number of hydrogen-bond donors (Lipinski definition) is 2. The summed E-state index contributed by atoms with van der Waals surface area (Å²) in [4.78, 5) is 11.5. The van der Waals surface area contributed by atoms with Gasteiger partial charge in [-0.3, -0.25) is 9.47 Å². The monoisotopic (exact) mass is 239 g/mol. The van der Waals surface area contributed by atoms with Gasteiger partial charge in [-0.1, -0.05) is 0 Å². The highest BCUT2D eigenvalue weighted by Crippen LogP contribution is 2.03. The van der Waals surface area contributed by atoms with Gasteiger partial charge in [0.1, 0.15) is 6.54 Å². The van der Waals surface area contributed by atoms with Crippen molar-refractivity contribution in [2.45, 2.75) is 20.3 Å². The van der Waals surface area contributed by atoms with Crippen molar-refractivity contribution in [3.8, 4) is 0 Å². The maximum absolute atomic E-state index is 11.5. The normalized spacial score (nSPS) is 10.3. The van der Waals surface area contributed by atoms with E-state index in [1.54, 1.807) is 7.11 Å². The minimum Gasteiger partial charge on any atom is -0.385 e. The zero-order chi connectivity index (χ0) is 12.7. The van der Waals surface area contributed by atoms with Crippen LogP contribution in [0, 0.1) is 13.8 Å². The van der Waals surface area contributed by atoms with E-state index in [4.69, 9.17) is 4.74 Å². The largest absolute Gasteiger partial charge is 0.385 e. The van der Waals surface area contributed by atoms with Crippen LogP contribution in [-0.2, 0) is 9.53 Å². The Morgan fingerprint density at radius 3 is 2.59 bits per heavy atom. The molecular weight excluding hydrogens is 218 g/mol. The molecule has 1 rings (SSSR count). The third kappa shape index (κ3) is 4.48. The molecule has 5 heteroatoms. The Balaban J connectivity index is 2.24. The highest BCUT2D eigenvalue weighted by atomic mass is 16.5. The molecule has 0 aliphatic rings. The number of aryl methyl sites for hydroxylation is 2. The Morgan fingerprint density at radius 2 is 2.00 bits per heavy atom. The van der Waals surface area contributed by atoms with Crippen molar-refractivity contribution >= 4 is 5.91 Å². The summed E-state index contributed by atoms with van der Waals surface area (Å²) in [7, 11) is 1.65. The van der Waals surface area contributed by atoms with Crippen LogP contribution in [0.25, 0.3) is 0 Å². The molecule has 5 nitrogen and oxygen atoms in total. The summed E-state index contributed by atoms with van der Waals surface area (Å²) in [5.41, 5.74) is 5.26. The maximum Gasteiger partial charge on any atom is 0.240 e. The number of rotatable bonds is 7. The Morgan fingerprint density at radius 1 is 1.35 bits per heavy atom. The molecule has 96 valence electrons. The molecule has 0 saturated carbocycles. The van der Waals surface area contributed by atoms with Gasteiger partial charge in [-0.25, -0.2) is 0 Å². The average Bonchev–Trinajstić information content (AvgIpc) is 2.62. The van der Waals surface area contributed by atoms with Gasteiger partial charge < -0.3 is 15.5 Å². The first-order valence-electron chi connectivity index (χ1n) is 5.79. The molecule has 0 bridgehead atoms. The summed E-state index contributed by atoms with van der Waals surface area (Å²) in [5.74, 6) is -0.00592. The summed E-state index contributed by atoms with van der Waals surface area (Å²) < 4.78 is 6.81. The molecule has 0 aliphatic heterocycles. The van der Waals surface area contributed by atoms with Crippen molar-refractivity contribution in [3.63, 3.8) is 0 Å². The fourth-order valence-electron chi connectivity index (χ4n) is 1.58. The van der Waals surface area contributed by atoms with E-state index in [1.807, 2.05) is 30.7 Å². The van der Waals surface area contributed by atoms with E-state index in [1.165, 1.54) is 0 Å². The first-order valence-corrected chi connectivity index (χ1v) is 5.79. The Labute approximate surface area is 102 Å². The Bertz CT molecular complexity index is 341. The van der Waals surface area contributed by atoms with Crippen molar-refractivity contribution in [2.75, 3.05) is 32.2 Å². The molecule has 1 heterocycles. The third-order valence-electron chi connectivity index (χ3n) is 2.52. The van der Waals surface area contributed by atoms with Crippen LogP contribution < -0.4 is 10.7 Å². The van der Waals surface area contributed by atoms with Crippen LogP contribution in [0.15, 0.2) is 12.1 Å². The van der Waals surface area contributed by atoms with E-state index in [-0.39, 0.29) is 12.5 Å². The fraction of sp³-hybridized carbons (Fsp3) is 0.583. The molecule has 0 unspecified atom stereocenters. The van der Waals surface area contributed by atoms with Gasteiger partial charge >= 0.3 is 0 Å². The number of ether oxygens (including phenoxy) is 1. The van der Waals surface area contributed by atoms with Crippen molar-refractivity contribution in [1.29, 1.82) is 0 Å². The lowest BCUT2D eigenvalue weighted by atomic mass is 10.4. The lowest BCUT2D eigenvalue weighted by Gasteiger charge is -2.12. The SMILES string of the molecule is COCCCNC(=O)CNn1c(C)ccc1C. The summed E-state index contributed by atoms with van der Waals surface area (Å²) in [6, 6.07) is 4.03. The first-order chi connectivity index (χ1) is 8.15. The number of nitrogens with one attached hydrogen (secondary N) is 2. The van der Waals surface area contributed by atoms with E-state index < -0.39 is 0 Å². The van der Waals surface area contributed by atoms with E-state index in [0.29, 0.717) is 13.2 Å². The number of carbonyl (C=O) groups excluding carboxylic acids is 1. The lowest BCUT2D eigenvalue weighted by molar-refractivity contribution is -0.119. The van der Waals surface area contributed by atoms with Crippen LogP contribution in [0.1, 0.15) is 17.8 Å². The maximum atomic E-state index is 11.5. The summed E-state index contributed by atoms with van der Waals surface area (Å²) in [6.07, 6.45) is 0.837. The molecule has 0 atom stereocenters. The molecule has 0 aliphatic carbocycles. The predicted molar refractivity (Wildman–Crippen MR) is 67.6 cm³/mol. The number of amides is 1. The summed E-state index contributed by atoms with van der Waals surface area (Å²) >= 11 is 0. The number of aromatic nitrogens is 1. The molecule has 1 aromatic heterocycles. The second kappa shape index (κ2) is 6.96. The second-order valence-corrected chi connectivity index (χ2v) is 3.98. The molecular formula is C12H21N3O2. The highest BCUT2D eigenvalue weighted by Gasteiger charge is 2.03. The quantitative estimate of drug-likeness (QED) is 0.692. The van der Waals surface area contributed by atoms with Crippen LogP contribution in [0.2, 0.25) is 0 Å². The van der Waals surface area contributed by atoms with Gasteiger partial charge in [0.25, 0.3) is 0 Å². The molecule has 0 saturated heterocycles. The van der Waals surface area contributed by atoms with Gasteiger partial charge in [0.15, 0.2) is 0 Å². The predicted octanol–water partition coefficient (Wildman–Crippen LogP) is 0.801. The highest BCUT2D eigenvalue weighted by molar-refractivity contribution is 5.79. The van der Waals surface area contributed by atoms with Gasteiger partial charge in [0.05, 0.1) is 0 Å². The van der Waals surface area contributed by atoms with Crippen molar-refractivity contribution in [1.82, 2.24) is 9.99 Å². The molecule has 2 N–H and O–H groups in total. The number of nitrogens with zero attached hydrogens (tertiary/aromatic N) is 1. The molecule has 0 spiro atoms. The zero-order valence-electron chi connectivity index (χ0n) is 10.7. The summed E-state index contributed by atoms with van der Waals surface area (Å²) in [5, 5.41) is 2.82. The Kier molecular flexibility index (Phi) is 5.56. The van der Waals surface area contributed by atoms with E-state index in [0.717, 1.165) is 17.8 Å². The van der Waals surface area contributed by atoms with Gasteiger partial charge in [0, 0.05) is 31.6 Å². The molecule has 17 heavy (non-hydrogen) atoms. The summed E-state index contributed by atoms with van der Waals surface area (Å²) in [6.45, 7) is 5.60. The zero-order valence-corrected chi connectivity index (χ0v) is 10.7. The average molecular weight is 239 g/mol. The minimum absolute atomic E-state index is 0.00592. The lowest BCUT2D eigenvalue weighted by Crippen LogP contribution is -2.34. The van der Waals surface area contributed by atoms with Crippen molar-refractivity contribution in [2.24, 2.45) is 0 Å². The minimum atomic E-state index is -0.00592. The Hall–Kier alpha value is -1.49.